The topological polar surface area (TPSA) is 582 Å². The van der Waals surface area contributed by atoms with Crippen LogP contribution in [0.1, 0.15) is 45.4 Å². The third kappa shape index (κ3) is 24.2. The fourth-order valence-corrected chi connectivity index (χ4v) is 19.0. The summed E-state index contributed by atoms with van der Waals surface area (Å²) in [4.78, 5) is 99.8. The number of aliphatic hydroxyl groups excluding tert-OH is 11. The van der Waals surface area contributed by atoms with E-state index in [1.807, 2.05) is 40.8 Å². The van der Waals surface area contributed by atoms with E-state index in [-0.39, 0.29) is 81.2 Å². The molecule has 22 unspecified atom stereocenters. The van der Waals surface area contributed by atoms with Gasteiger partial charge in [-0.2, -0.15) is 4.31 Å². The van der Waals surface area contributed by atoms with Gasteiger partial charge in [0.2, 0.25) is 17.7 Å². The Morgan fingerprint density at radius 2 is 0.991 bits per heavy atom. The van der Waals surface area contributed by atoms with Crippen molar-refractivity contribution in [1.29, 1.82) is 0 Å². The Bertz CT molecular complexity index is 4130. The smallest absolute Gasteiger partial charge is 0.479 e. The van der Waals surface area contributed by atoms with Crippen LogP contribution in [0.3, 0.4) is 0 Å². The van der Waals surface area contributed by atoms with Crippen molar-refractivity contribution in [3.05, 3.63) is 173 Å². The van der Waals surface area contributed by atoms with Gasteiger partial charge in [-0.1, -0.05) is 134 Å². The van der Waals surface area contributed by atoms with Gasteiger partial charge in [0, 0.05) is 85.7 Å². The summed E-state index contributed by atoms with van der Waals surface area (Å²) in [5, 5.41) is 113. The Balaban J connectivity index is 0.000000197. The fourth-order valence-electron chi connectivity index (χ4n) is 12.5. The van der Waals surface area contributed by atoms with Crippen LogP contribution in [-0.2, 0) is 85.8 Å². The average molecular weight is 1880 g/mol. The van der Waals surface area contributed by atoms with Crippen molar-refractivity contribution in [3.63, 3.8) is 0 Å². The number of nitrogens with zero attached hydrogens (tertiary/aromatic N) is 4. The number of allylic oxidation sites excluding steroid dienone is 3. The van der Waals surface area contributed by atoms with Crippen molar-refractivity contribution in [2.75, 3.05) is 33.5 Å². The van der Waals surface area contributed by atoms with Gasteiger partial charge in [-0.05, 0) is 83.3 Å². The largest absolute Gasteiger partial charge is 0.505 e. The number of halogens is 1. The van der Waals surface area contributed by atoms with Crippen LogP contribution in [0.25, 0.3) is 0 Å². The zero-order chi connectivity index (χ0) is 83.0. The molecule has 114 heavy (non-hydrogen) atoms. The van der Waals surface area contributed by atoms with Crippen LogP contribution in [-0.4, -0.2) is 275 Å². The summed E-state index contributed by atoms with van der Waals surface area (Å²) in [6.07, 6.45) is -2.59. The number of nitrogens with one attached hydrogen (secondary N) is 1. The van der Waals surface area contributed by atoms with Crippen LogP contribution < -0.4 is 32.7 Å². The van der Waals surface area contributed by atoms with E-state index >= 15 is 0 Å². The summed E-state index contributed by atoms with van der Waals surface area (Å²) >= 11 is 2.01. The SMILES string of the molecule is C=COC.CC(=O)CC#CC1=CN(C2OC(CO)C(O)C2O)C(=O)CC1N.NC1CC(=O)N(C2OC(CO)C(O)C2O)C=C1I.O=C1CC2CC=CC2=CN1C1OC(CO)C(O)C1O.O=C1NC2CC=CC2=CN1C1OC(COP(=O)(O)OP(=O)(O)P(=O)(O)O)C(O)C1O.[Pd].c1ccc(P(c2ccccc2)c2ccccc2)cc1. The molecule has 8 aliphatic heterocycles. The monoisotopic (exact) mass is 1880 g/mol. The average Bonchev–Trinajstić information content (AvgIpc) is 1.65. The number of nitrogens with two attached hydrogens (primary N) is 2. The molecule has 8 heterocycles. The van der Waals surface area contributed by atoms with Gasteiger partial charge in [-0.25, -0.2) is 18.5 Å². The molecule has 0 aromatic heterocycles. The van der Waals surface area contributed by atoms with Crippen LogP contribution in [0.4, 0.5) is 4.79 Å². The number of phosphoric ester groups is 1. The number of rotatable bonds is 18. The van der Waals surface area contributed by atoms with Crippen molar-refractivity contribution >= 4 is 98.4 Å². The minimum absolute atomic E-state index is 0. The Labute approximate surface area is 683 Å². The Hall–Kier alpha value is -5.86. The van der Waals surface area contributed by atoms with Crippen LogP contribution >= 0.6 is 52.9 Å². The Morgan fingerprint density at radius 3 is 1.43 bits per heavy atom. The molecule has 0 bridgehead atoms. The first-order chi connectivity index (χ1) is 53.5. The molecule has 0 saturated carbocycles. The molecule has 4 fully saturated rings. The third-order valence-corrected chi connectivity index (χ3v) is 27.4. The van der Waals surface area contributed by atoms with Crippen LogP contribution in [0, 0.1) is 17.8 Å². The normalized spacial score (nSPS) is 31.6. The number of Topliss-reactive ketones (excluding diaryl/α,β-unsaturated/α-hetero) is 1. The summed E-state index contributed by atoms with van der Waals surface area (Å²) < 4.78 is 68.3. The maximum atomic E-state index is 12.3. The summed E-state index contributed by atoms with van der Waals surface area (Å²) in [7, 11) is -16.0. The zero-order valence-corrected chi connectivity index (χ0v) is 68.2. The van der Waals surface area contributed by atoms with Gasteiger partial charge >= 0.3 is 28.4 Å². The molecule has 5 amide bonds. The van der Waals surface area contributed by atoms with E-state index in [2.05, 4.69) is 128 Å². The number of benzene rings is 3. The molecule has 37 nitrogen and oxygen atoms in total. The van der Waals surface area contributed by atoms with Gasteiger partial charge in [0.25, 0.3) is 0 Å². The molecule has 0 radical (unpaired) electrons. The predicted octanol–water partition coefficient (Wildman–Crippen LogP) is -1.47. The first-order valence-corrected chi connectivity index (χ1v) is 42.7. The van der Waals surface area contributed by atoms with Gasteiger partial charge in [0.1, 0.15) is 79.0 Å². The minimum Gasteiger partial charge on any atom is -0.505 e. The third-order valence-electron chi connectivity index (χ3n) is 18.5. The molecule has 3 aromatic rings. The zero-order valence-electron chi connectivity index (χ0n) is 60.9. The maximum absolute atomic E-state index is 12.3. The number of hydrogen-bond acceptors (Lipinski definition) is 28. The van der Waals surface area contributed by atoms with Crippen molar-refractivity contribution < 1.29 is 166 Å². The molecule has 4 saturated heterocycles. The van der Waals surface area contributed by atoms with Gasteiger partial charge in [-0.15, -0.1) is 0 Å². The Morgan fingerprint density at radius 1 is 0.596 bits per heavy atom. The number of aliphatic hydroxyl groups is 11. The number of ether oxygens (including phenoxy) is 5. The second-order valence-corrected chi connectivity index (χ2v) is 36.9. The fraction of sp³-hybridized carbons (Fsp3) is 0.451. The van der Waals surface area contributed by atoms with Gasteiger partial charge in [-0.3, -0.25) is 43.3 Å². The molecule has 10 aliphatic rings. The van der Waals surface area contributed by atoms with E-state index in [0.29, 0.717) is 18.4 Å². The predicted molar refractivity (Wildman–Crippen MR) is 410 cm³/mol. The summed E-state index contributed by atoms with van der Waals surface area (Å²) in [5.74, 6) is 4.76. The first-order valence-electron chi connectivity index (χ1n) is 34.9. The number of amides is 5. The summed E-state index contributed by atoms with van der Waals surface area (Å²) in [6, 6.07) is 30.5. The first kappa shape index (κ1) is 95.3. The summed E-state index contributed by atoms with van der Waals surface area (Å²) in [5.41, 5.74) is 13.8. The molecule has 3 aromatic carbocycles. The minimum atomic E-state index is -5.84. The van der Waals surface area contributed by atoms with E-state index in [4.69, 9.17) is 60.4 Å². The molecule has 2 aliphatic carbocycles. The number of carbonyl (C=O) groups is 5. The maximum Gasteiger partial charge on any atom is 0.479 e. The van der Waals surface area contributed by atoms with Gasteiger partial charge in [0.15, 0.2) is 24.9 Å². The van der Waals surface area contributed by atoms with Gasteiger partial charge < -0.3 is 116 Å². The standard InChI is InChI=1S/C18H15P.C15H20N2O6.C13H17NO5.C12H19N2O13P3.C10H15IN2O5.C3H6O.Pd/c1-4-10-16(11-5-1)19(17-12-6-2-7-13-17)18-14-8-3-9-15-18;1-8(19)3-2-4-9-6-17(12(20)5-10(9)16)15-14(22)13(21)11(7-18)23-15;15-6-9-11(17)12(18)13(19-9)14-5-8-3-1-2-7(8)4-10(14)16;15-9-8(5-25-29(21,22)27-30(23,24)28(18,19)20)26-11(10(9)16)14-4-6-2-1-3-7(6)13-12(14)17;11-4-2-13(7(15)1-5(4)12)10-9(17)8(16)6(3-14)18-10;1-3-4-2;/h1-15H;6,10-11,13-15,18,21-22H,3,5,7,16H2,1H3;1,3,5,7,9,11-13,15,17-18H,2,4,6H2;1-2,4,7-11,15-16H,3,5H2,(H,13,17)(H,21,22)(H,23,24)(H2,18,19,20);2,5-6,8-10,14,16-17H,1,3,12H2;3H,1H2,2H3;. The summed E-state index contributed by atoms with van der Waals surface area (Å²) in [6.45, 7) is 2.39. The van der Waals surface area contributed by atoms with Crippen LogP contribution in [0.5, 0.6) is 0 Å². The molecule has 13 rings (SSSR count). The Kier molecular flexibility index (Phi) is 36.1. The molecular weight excluding hydrogens is 1790 g/mol. The number of methoxy groups -OCH3 is 1. The molecular formula is C71H92IN7O30P4Pd. The van der Waals surface area contributed by atoms with E-state index in [0.717, 1.165) is 30.9 Å². The van der Waals surface area contributed by atoms with Crippen molar-refractivity contribution in [1.82, 2.24) is 24.9 Å². The molecule has 43 heteroatoms. The van der Waals surface area contributed by atoms with Crippen molar-refractivity contribution in [3.8, 4) is 11.8 Å². The van der Waals surface area contributed by atoms with Gasteiger partial charge in [0.05, 0.1) is 52.3 Å². The number of hydrogen-bond donors (Lipinski definition) is 18. The second-order valence-electron chi connectivity index (χ2n) is 26.5. The number of urea groups is 1. The van der Waals surface area contributed by atoms with E-state index in [1.165, 1.54) is 57.5 Å². The number of phosphoric acid groups is 1. The van der Waals surface area contributed by atoms with Crippen molar-refractivity contribution in [2.24, 2.45) is 17.4 Å². The molecule has 0 spiro atoms. The van der Waals surface area contributed by atoms with E-state index in [1.54, 1.807) is 19.4 Å². The second kappa shape index (κ2) is 43.2. The van der Waals surface area contributed by atoms with E-state index in [9.17, 15) is 83.4 Å². The van der Waals surface area contributed by atoms with Crippen LogP contribution in [0.15, 0.2) is 173 Å². The number of carbonyl (C=O) groups excluding carboxylic acids is 5. The number of ketones is 1. The molecule has 22 atom stereocenters. The molecule has 20 N–H and O–H groups in total. The van der Waals surface area contributed by atoms with Crippen molar-refractivity contribution in [2.45, 2.75) is 162 Å². The van der Waals surface area contributed by atoms with Crippen LogP contribution in [0.2, 0.25) is 0 Å². The number of fused-ring (bicyclic) bond motifs is 2. The quantitative estimate of drug-likeness (QED) is 0.0227. The molecule has 628 valence electrons. The van der Waals surface area contributed by atoms with E-state index < -0.39 is 167 Å².